The number of hydrogen-bond donors (Lipinski definition) is 0. The molecule has 0 spiro atoms. The molecule has 0 unspecified atom stereocenters. The van der Waals surface area contributed by atoms with Gasteiger partial charge in [-0.15, -0.1) is 0 Å². The Labute approximate surface area is 317 Å². The minimum Gasteiger partial charge on any atom is -0.200 e. The molecule has 0 saturated heterocycles. The first-order valence-corrected chi connectivity index (χ1v) is 22.3. The predicted molar refractivity (Wildman–Crippen MR) is 210 cm³/mol. The second-order valence-electron chi connectivity index (χ2n) is 12.8. The highest BCUT2D eigenvalue weighted by Gasteiger charge is 2.38. The quantitative estimate of drug-likeness (QED) is 0.129. The van der Waals surface area contributed by atoms with Crippen LogP contribution in [0.4, 0.5) is 11.4 Å². The number of anilines is 2. The van der Waals surface area contributed by atoms with Crippen molar-refractivity contribution in [1.29, 1.82) is 0 Å². The Bertz CT molecular complexity index is 2410. The maximum absolute atomic E-state index is 14.0. The maximum atomic E-state index is 14.0. The lowest BCUT2D eigenvalue weighted by atomic mass is 10.1. The van der Waals surface area contributed by atoms with E-state index in [1.54, 1.807) is 76.2 Å². The fraction of sp³-hybridized carbons (Fsp3) is 0.100. The molecule has 54 heavy (non-hydrogen) atoms. The topological polar surface area (TPSA) is 143 Å². The molecule has 0 fully saturated rings. The predicted octanol–water partition coefficient (Wildman–Crippen LogP) is 7.76. The molecule has 0 amide bonds. The zero-order valence-electron chi connectivity index (χ0n) is 29.6. The van der Waals surface area contributed by atoms with Crippen LogP contribution in [0.25, 0.3) is 11.1 Å². The Morgan fingerprint density at radius 2 is 0.463 bits per heavy atom. The van der Waals surface area contributed by atoms with Gasteiger partial charge in [0, 0.05) is 0 Å². The van der Waals surface area contributed by atoms with Crippen molar-refractivity contribution < 1.29 is 33.7 Å². The molecule has 6 aromatic carbocycles. The van der Waals surface area contributed by atoms with Gasteiger partial charge in [0.2, 0.25) is 0 Å². The average Bonchev–Trinajstić information content (AvgIpc) is 3.13. The molecule has 6 aromatic rings. The molecule has 0 heterocycles. The summed E-state index contributed by atoms with van der Waals surface area (Å²) >= 11 is 0. The minimum absolute atomic E-state index is 0.143. The lowest BCUT2D eigenvalue weighted by Gasteiger charge is -2.25. The highest BCUT2D eigenvalue weighted by atomic mass is 32.3. The Balaban J connectivity index is 1.41. The van der Waals surface area contributed by atoms with Gasteiger partial charge in [-0.25, -0.2) is 33.7 Å². The van der Waals surface area contributed by atoms with Gasteiger partial charge >= 0.3 is 0 Å². The van der Waals surface area contributed by atoms with Crippen LogP contribution in [0.2, 0.25) is 0 Å². The summed E-state index contributed by atoms with van der Waals surface area (Å²) in [5.74, 6) is 0. The molecule has 0 aliphatic rings. The first-order chi connectivity index (χ1) is 25.4. The van der Waals surface area contributed by atoms with Crippen LogP contribution in [-0.2, 0) is 40.1 Å². The van der Waals surface area contributed by atoms with Crippen LogP contribution in [0.1, 0.15) is 22.3 Å². The highest BCUT2D eigenvalue weighted by molar-refractivity contribution is 8.10. The van der Waals surface area contributed by atoms with Crippen molar-refractivity contribution in [2.24, 2.45) is 0 Å². The van der Waals surface area contributed by atoms with Crippen molar-refractivity contribution >= 4 is 51.5 Å². The first kappa shape index (κ1) is 38.4. The van der Waals surface area contributed by atoms with Crippen LogP contribution in [0.15, 0.2) is 165 Å². The van der Waals surface area contributed by atoms with Gasteiger partial charge in [0.25, 0.3) is 40.1 Å². The molecule has 0 aliphatic carbocycles. The Morgan fingerprint density at radius 3 is 0.648 bits per heavy atom. The Hall–Kier alpha value is -5.28. The summed E-state index contributed by atoms with van der Waals surface area (Å²) in [6.45, 7) is 7.13. The molecule has 0 aromatic heterocycles. The van der Waals surface area contributed by atoms with Crippen molar-refractivity contribution in [3.8, 4) is 11.1 Å². The van der Waals surface area contributed by atoms with E-state index in [9.17, 15) is 33.7 Å². The monoisotopic (exact) mass is 800 g/mol. The van der Waals surface area contributed by atoms with Crippen LogP contribution in [0.3, 0.4) is 0 Å². The SMILES string of the molecule is Cc1ccc(S(=O)(=O)N(c2ccc(-c3ccc(N(S(=O)(=O)c4ccc(C)cc4)S(=O)(=O)c4ccc(C)cc4)cc3)cc2)S(=O)(=O)c2ccc(C)cc2)cc1. The molecule has 10 nitrogen and oxygen atoms in total. The third-order valence-electron chi connectivity index (χ3n) is 8.64. The van der Waals surface area contributed by atoms with E-state index in [1.165, 1.54) is 97.1 Å². The molecule has 0 saturated carbocycles. The number of hydrogen-bond acceptors (Lipinski definition) is 8. The van der Waals surface area contributed by atoms with E-state index in [-0.39, 0.29) is 31.0 Å². The maximum Gasteiger partial charge on any atom is 0.277 e. The van der Waals surface area contributed by atoms with Gasteiger partial charge in [-0.3, -0.25) is 0 Å². The molecule has 0 N–H and O–H groups in total. The zero-order valence-corrected chi connectivity index (χ0v) is 32.9. The standard InChI is InChI=1S/C40H36N2O8S4/c1-29-5-21-37(22-6-29)51(43,44)41(52(45,46)38-23-7-30(2)8-24-38)35-17-13-33(14-18-35)34-15-19-36(20-16-34)42(53(47,48)39-25-9-31(3)10-26-39)54(49,50)40-27-11-32(4)12-28-40/h5-28H,1-4H3. The van der Waals surface area contributed by atoms with Gasteiger partial charge < -0.3 is 0 Å². The number of nitrogens with zero attached hydrogens (tertiary/aromatic N) is 2. The van der Waals surface area contributed by atoms with Crippen molar-refractivity contribution in [2.75, 3.05) is 7.42 Å². The average molecular weight is 801 g/mol. The van der Waals surface area contributed by atoms with Gasteiger partial charge in [-0.2, -0.15) is 7.42 Å². The Morgan fingerprint density at radius 1 is 0.278 bits per heavy atom. The van der Waals surface area contributed by atoms with Gasteiger partial charge in [0.15, 0.2) is 0 Å². The van der Waals surface area contributed by atoms with Gasteiger partial charge in [0.1, 0.15) is 0 Å². The molecule has 0 radical (unpaired) electrons. The zero-order chi connectivity index (χ0) is 39.1. The lowest BCUT2D eigenvalue weighted by molar-refractivity contribution is 0.580. The summed E-state index contributed by atoms with van der Waals surface area (Å²) in [5, 5.41) is 0. The highest BCUT2D eigenvalue weighted by Crippen LogP contribution is 2.35. The van der Waals surface area contributed by atoms with Gasteiger partial charge in [0.05, 0.1) is 31.0 Å². The van der Waals surface area contributed by atoms with E-state index in [0.717, 1.165) is 22.3 Å². The van der Waals surface area contributed by atoms with Gasteiger partial charge in [-0.05, 0) is 112 Å². The van der Waals surface area contributed by atoms with Crippen molar-refractivity contribution in [3.05, 3.63) is 168 Å². The van der Waals surface area contributed by atoms with E-state index in [1.807, 2.05) is 0 Å². The van der Waals surface area contributed by atoms with Crippen molar-refractivity contribution in [1.82, 2.24) is 0 Å². The van der Waals surface area contributed by atoms with Gasteiger partial charge in [-0.1, -0.05) is 95.1 Å². The summed E-state index contributed by atoms with van der Waals surface area (Å²) in [6, 6.07) is 34.9. The molecule has 0 bridgehead atoms. The number of benzene rings is 6. The van der Waals surface area contributed by atoms with Crippen LogP contribution in [-0.4, -0.2) is 33.7 Å². The summed E-state index contributed by atoms with van der Waals surface area (Å²) in [6.07, 6.45) is 0. The number of aryl methyl sites for hydroxylation is 4. The largest absolute Gasteiger partial charge is 0.277 e. The van der Waals surface area contributed by atoms with E-state index >= 15 is 0 Å². The lowest BCUT2D eigenvalue weighted by Crippen LogP contribution is -2.37. The van der Waals surface area contributed by atoms with Crippen LogP contribution in [0, 0.1) is 27.7 Å². The van der Waals surface area contributed by atoms with E-state index < -0.39 is 40.1 Å². The smallest absolute Gasteiger partial charge is 0.200 e. The molecule has 0 atom stereocenters. The molecule has 6 rings (SSSR count). The summed E-state index contributed by atoms with van der Waals surface area (Å²) in [7, 11) is -18.5. The second-order valence-corrected chi connectivity index (χ2v) is 20.4. The minimum atomic E-state index is -4.63. The fourth-order valence-corrected chi connectivity index (χ4v) is 13.0. The summed E-state index contributed by atoms with van der Waals surface area (Å²) < 4.78 is 113. The summed E-state index contributed by atoms with van der Waals surface area (Å²) in [4.78, 5) is -0.855. The van der Waals surface area contributed by atoms with E-state index in [4.69, 9.17) is 0 Å². The molecule has 14 heteroatoms. The van der Waals surface area contributed by atoms with Crippen LogP contribution >= 0.6 is 0 Å². The van der Waals surface area contributed by atoms with Crippen molar-refractivity contribution in [2.45, 2.75) is 47.3 Å². The first-order valence-electron chi connectivity index (χ1n) is 16.5. The second kappa shape index (κ2) is 14.5. The number of rotatable bonds is 11. The van der Waals surface area contributed by atoms with Crippen LogP contribution in [0.5, 0.6) is 0 Å². The third kappa shape index (κ3) is 7.42. The Kier molecular flexibility index (Phi) is 10.3. The molecular weight excluding hydrogens is 765 g/mol. The van der Waals surface area contributed by atoms with Crippen LogP contribution < -0.4 is 7.42 Å². The molecule has 0 aliphatic heterocycles. The normalized spacial score (nSPS) is 12.3. The number of sulfonamides is 4. The van der Waals surface area contributed by atoms with E-state index in [0.29, 0.717) is 18.5 Å². The van der Waals surface area contributed by atoms with Crippen molar-refractivity contribution in [3.63, 3.8) is 0 Å². The third-order valence-corrected chi connectivity index (χ3v) is 17.1. The molecule has 278 valence electrons. The van der Waals surface area contributed by atoms with E-state index in [2.05, 4.69) is 0 Å². The molecular formula is C40H36N2O8S4. The summed E-state index contributed by atoms with van der Waals surface area (Å²) in [5.41, 5.74) is 3.91. The fourth-order valence-electron chi connectivity index (χ4n) is 5.59.